The number of nitrogens with one attached hydrogen (secondary N) is 1. The molecule has 1 aromatic carbocycles. The Balaban J connectivity index is 2.29. The Morgan fingerprint density at radius 3 is 2.57 bits per heavy atom. The lowest BCUT2D eigenvalue weighted by atomic mass is 10.2. The Morgan fingerprint density at radius 2 is 2.00 bits per heavy atom. The number of hydrogen-bond donors (Lipinski definition) is 1. The maximum atomic E-state index is 12.4. The number of benzene rings is 1. The molecule has 0 bridgehead atoms. The highest BCUT2D eigenvalue weighted by molar-refractivity contribution is 6.05. The van der Waals surface area contributed by atoms with E-state index in [0.717, 1.165) is 11.4 Å². The standard InChI is InChI=1S/C17H19N3O/c1-11(2)20-12(3)8-16(13(20)4)17(21)19-15-7-5-6-14(9-15)10-18/h5-9,11H,1-4H3,(H,19,21). The molecule has 0 unspecified atom stereocenters. The second kappa shape index (κ2) is 5.84. The average molecular weight is 281 g/mol. The molecule has 4 nitrogen and oxygen atoms in total. The number of amides is 1. The molecule has 0 fully saturated rings. The number of nitriles is 1. The van der Waals surface area contributed by atoms with Gasteiger partial charge in [0.05, 0.1) is 17.2 Å². The van der Waals surface area contributed by atoms with Gasteiger partial charge in [-0.3, -0.25) is 4.79 Å². The molecule has 0 saturated heterocycles. The Morgan fingerprint density at radius 1 is 1.29 bits per heavy atom. The highest BCUT2D eigenvalue weighted by Gasteiger charge is 2.17. The SMILES string of the molecule is Cc1cc(C(=O)Nc2cccc(C#N)c2)c(C)n1C(C)C. The van der Waals surface area contributed by atoms with Gasteiger partial charge in [-0.15, -0.1) is 0 Å². The lowest BCUT2D eigenvalue weighted by Crippen LogP contribution is -2.14. The van der Waals surface area contributed by atoms with E-state index in [4.69, 9.17) is 5.26 Å². The molecule has 108 valence electrons. The Labute approximate surface area is 125 Å². The number of aromatic nitrogens is 1. The summed E-state index contributed by atoms with van der Waals surface area (Å²) in [5.74, 6) is -0.148. The number of carbonyl (C=O) groups is 1. The first-order valence-corrected chi connectivity index (χ1v) is 6.94. The van der Waals surface area contributed by atoms with Crippen molar-refractivity contribution in [1.29, 1.82) is 5.26 Å². The zero-order valence-electron chi connectivity index (χ0n) is 12.8. The van der Waals surface area contributed by atoms with Crippen molar-refractivity contribution >= 4 is 11.6 Å². The van der Waals surface area contributed by atoms with Gasteiger partial charge in [0.1, 0.15) is 0 Å². The van der Waals surface area contributed by atoms with Crippen LogP contribution in [0.3, 0.4) is 0 Å². The third-order valence-electron chi connectivity index (χ3n) is 3.49. The summed E-state index contributed by atoms with van der Waals surface area (Å²) in [6, 6.07) is 11.2. The van der Waals surface area contributed by atoms with E-state index in [0.29, 0.717) is 22.9 Å². The number of nitrogens with zero attached hydrogens (tertiary/aromatic N) is 2. The Bertz CT molecular complexity index is 720. The maximum Gasteiger partial charge on any atom is 0.257 e. The third-order valence-corrected chi connectivity index (χ3v) is 3.49. The molecule has 0 saturated carbocycles. The molecule has 21 heavy (non-hydrogen) atoms. The van der Waals surface area contributed by atoms with Crippen molar-refractivity contribution in [3.63, 3.8) is 0 Å². The van der Waals surface area contributed by atoms with Gasteiger partial charge in [0.2, 0.25) is 0 Å². The van der Waals surface area contributed by atoms with Crippen molar-refractivity contribution in [2.45, 2.75) is 33.7 Å². The molecule has 0 radical (unpaired) electrons. The second-order valence-corrected chi connectivity index (χ2v) is 5.40. The summed E-state index contributed by atoms with van der Waals surface area (Å²) in [6.07, 6.45) is 0. The zero-order valence-corrected chi connectivity index (χ0v) is 12.8. The summed E-state index contributed by atoms with van der Waals surface area (Å²) in [4.78, 5) is 12.4. The van der Waals surface area contributed by atoms with Gasteiger partial charge in [0.25, 0.3) is 5.91 Å². The van der Waals surface area contributed by atoms with E-state index in [-0.39, 0.29) is 5.91 Å². The van der Waals surface area contributed by atoms with Gasteiger partial charge >= 0.3 is 0 Å². The highest BCUT2D eigenvalue weighted by atomic mass is 16.1. The van der Waals surface area contributed by atoms with Crippen LogP contribution in [0.4, 0.5) is 5.69 Å². The fourth-order valence-electron chi connectivity index (χ4n) is 2.67. The fraction of sp³-hybridized carbons (Fsp3) is 0.294. The largest absolute Gasteiger partial charge is 0.346 e. The summed E-state index contributed by atoms with van der Waals surface area (Å²) >= 11 is 0. The molecule has 1 aromatic heterocycles. The van der Waals surface area contributed by atoms with E-state index in [1.165, 1.54) is 0 Å². The van der Waals surface area contributed by atoms with Crippen LogP contribution >= 0.6 is 0 Å². The van der Waals surface area contributed by atoms with Crippen LogP contribution in [-0.2, 0) is 0 Å². The minimum absolute atomic E-state index is 0.148. The summed E-state index contributed by atoms with van der Waals surface area (Å²) in [6.45, 7) is 8.14. The van der Waals surface area contributed by atoms with Crippen molar-refractivity contribution in [1.82, 2.24) is 4.57 Å². The van der Waals surface area contributed by atoms with Crippen LogP contribution in [0.15, 0.2) is 30.3 Å². The first-order chi connectivity index (χ1) is 9.93. The highest BCUT2D eigenvalue weighted by Crippen LogP contribution is 2.21. The van der Waals surface area contributed by atoms with Gasteiger partial charge < -0.3 is 9.88 Å². The van der Waals surface area contributed by atoms with E-state index in [1.54, 1.807) is 24.3 Å². The van der Waals surface area contributed by atoms with Crippen LogP contribution in [0.2, 0.25) is 0 Å². The van der Waals surface area contributed by atoms with Crippen molar-refractivity contribution in [3.05, 3.63) is 52.8 Å². The monoisotopic (exact) mass is 281 g/mol. The molecule has 2 aromatic rings. The zero-order chi connectivity index (χ0) is 15.6. The molecule has 1 N–H and O–H groups in total. The fourth-order valence-corrected chi connectivity index (χ4v) is 2.67. The molecule has 1 heterocycles. The van der Waals surface area contributed by atoms with E-state index in [1.807, 2.05) is 19.9 Å². The van der Waals surface area contributed by atoms with Crippen LogP contribution < -0.4 is 5.32 Å². The summed E-state index contributed by atoms with van der Waals surface area (Å²) in [5.41, 5.74) is 3.85. The molecule has 1 amide bonds. The van der Waals surface area contributed by atoms with Gasteiger partial charge in [0.15, 0.2) is 0 Å². The summed E-state index contributed by atoms with van der Waals surface area (Å²) < 4.78 is 2.14. The van der Waals surface area contributed by atoms with Crippen LogP contribution in [0.25, 0.3) is 0 Å². The van der Waals surface area contributed by atoms with Crippen molar-refractivity contribution in [2.75, 3.05) is 5.32 Å². The molecule has 0 aliphatic rings. The number of carbonyl (C=O) groups excluding carboxylic acids is 1. The molecular formula is C17H19N3O. The molecule has 0 aliphatic carbocycles. The second-order valence-electron chi connectivity index (χ2n) is 5.40. The smallest absolute Gasteiger partial charge is 0.257 e. The minimum Gasteiger partial charge on any atom is -0.346 e. The maximum absolute atomic E-state index is 12.4. The van der Waals surface area contributed by atoms with Gasteiger partial charge in [0, 0.05) is 23.1 Å². The average Bonchev–Trinajstić information content (AvgIpc) is 2.74. The number of rotatable bonds is 3. The van der Waals surface area contributed by atoms with Crippen molar-refractivity contribution in [3.8, 4) is 6.07 Å². The van der Waals surface area contributed by atoms with Gasteiger partial charge in [-0.1, -0.05) is 6.07 Å². The molecular weight excluding hydrogens is 262 g/mol. The Hall–Kier alpha value is -2.54. The van der Waals surface area contributed by atoms with E-state index in [9.17, 15) is 4.79 Å². The molecule has 0 aliphatic heterocycles. The lowest BCUT2D eigenvalue weighted by molar-refractivity contribution is 0.102. The number of anilines is 1. The predicted octanol–water partition coefficient (Wildman–Crippen LogP) is 3.81. The molecule has 2 rings (SSSR count). The summed E-state index contributed by atoms with van der Waals surface area (Å²) in [7, 11) is 0. The lowest BCUT2D eigenvalue weighted by Gasteiger charge is -2.13. The first-order valence-electron chi connectivity index (χ1n) is 6.94. The van der Waals surface area contributed by atoms with Crippen LogP contribution in [0.5, 0.6) is 0 Å². The van der Waals surface area contributed by atoms with E-state index in [2.05, 4.69) is 29.8 Å². The normalized spacial score (nSPS) is 10.5. The van der Waals surface area contributed by atoms with E-state index >= 15 is 0 Å². The van der Waals surface area contributed by atoms with E-state index < -0.39 is 0 Å². The topological polar surface area (TPSA) is 57.8 Å². The summed E-state index contributed by atoms with van der Waals surface area (Å²) in [5, 5.41) is 11.7. The number of aryl methyl sites for hydroxylation is 1. The first kappa shape index (κ1) is 14.9. The molecule has 4 heteroatoms. The Kier molecular flexibility index (Phi) is 4.13. The predicted molar refractivity (Wildman–Crippen MR) is 83.4 cm³/mol. The van der Waals surface area contributed by atoms with Gasteiger partial charge in [-0.05, 0) is 52.0 Å². The van der Waals surface area contributed by atoms with Gasteiger partial charge in [-0.25, -0.2) is 0 Å². The quantitative estimate of drug-likeness (QED) is 0.930. The van der Waals surface area contributed by atoms with Crippen molar-refractivity contribution < 1.29 is 4.79 Å². The molecule has 0 atom stereocenters. The van der Waals surface area contributed by atoms with Crippen LogP contribution in [0.1, 0.15) is 47.2 Å². The minimum atomic E-state index is -0.148. The molecule has 0 spiro atoms. The van der Waals surface area contributed by atoms with Crippen LogP contribution in [0, 0.1) is 25.2 Å². The third kappa shape index (κ3) is 2.97. The number of hydrogen-bond acceptors (Lipinski definition) is 2. The van der Waals surface area contributed by atoms with Crippen LogP contribution in [-0.4, -0.2) is 10.5 Å². The van der Waals surface area contributed by atoms with Crippen molar-refractivity contribution in [2.24, 2.45) is 0 Å². The van der Waals surface area contributed by atoms with Gasteiger partial charge in [-0.2, -0.15) is 5.26 Å².